The first-order valence-corrected chi connectivity index (χ1v) is 10.4. The van der Waals surface area contributed by atoms with E-state index in [1.54, 1.807) is 12.1 Å². The number of halogens is 1. The van der Waals surface area contributed by atoms with Crippen LogP contribution in [0.3, 0.4) is 0 Å². The molecule has 3 rings (SSSR count). The van der Waals surface area contributed by atoms with Gasteiger partial charge in [-0.3, -0.25) is 0 Å². The van der Waals surface area contributed by atoms with E-state index in [-0.39, 0.29) is 0 Å². The normalized spacial score (nSPS) is 37.3. The fourth-order valence-corrected chi connectivity index (χ4v) is 4.65. The average Bonchev–Trinajstić information content (AvgIpc) is 2.69. The van der Waals surface area contributed by atoms with E-state index in [9.17, 15) is 20.4 Å². The summed E-state index contributed by atoms with van der Waals surface area (Å²) >= 11 is 6.42. The molecule has 5 nitrogen and oxygen atoms in total. The second-order valence-electron chi connectivity index (χ2n) is 8.10. The third-order valence-electron chi connectivity index (χ3n) is 6.34. The Morgan fingerprint density at radius 3 is 2.30 bits per heavy atom. The summed E-state index contributed by atoms with van der Waals surface area (Å²) in [6.45, 7) is 1.83. The van der Waals surface area contributed by atoms with Crippen LogP contribution in [0.15, 0.2) is 18.2 Å². The Labute approximate surface area is 165 Å². The monoisotopic (exact) mass is 398 g/mol. The lowest BCUT2D eigenvalue weighted by atomic mass is 9.78. The molecule has 1 saturated carbocycles. The molecule has 5 atom stereocenters. The zero-order valence-electron chi connectivity index (χ0n) is 15.8. The van der Waals surface area contributed by atoms with Gasteiger partial charge in [-0.25, -0.2) is 0 Å². The van der Waals surface area contributed by atoms with Crippen molar-refractivity contribution < 1.29 is 25.2 Å². The van der Waals surface area contributed by atoms with Crippen molar-refractivity contribution >= 4 is 11.6 Å². The predicted octanol–water partition coefficient (Wildman–Crippen LogP) is 2.61. The van der Waals surface area contributed by atoms with Crippen molar-refractivity contribution in [2.45, 2.75) is 76.0 Å². The second kappa shape index (κ2) is 9.21. The summed E-state index contributed by atoms with van der Waals surface area (Å²) in [5, 5.41) is 40.5. The van der Waals surface area contributed by atoms with Crippen molar-refractivity contribution in [2.75, 3.05) is 6.61 Å². The van der Waals surface area contributed by atoms with Gasteiger partial charge in [0.1, 0.15) is 30.5 Å². The molecular weight excluding hydrogens is 368 g/mol. The first-order valence-electron chi connectivity index (χ1n) is 10.0. The van der Waals surface area contributed by atoms with E-state index < -0.39 is 37.1 Å². The summed E-state index contributed by atoms with van der Waals surface area (Å²) in [7, 11) is 0. The van der Waals surface area contributed by atoms with Gasteiger partial charge in [0.05, 0.1) is 6.61 Å². The van der Waals surface area contributed by atoms with E-state index in [1.807, 2.05) is 6.07 Å². The molecule has 0 spiro atoms. The molecule has 152 valence electrons. The van der Waals surface area contributed by atoms with E-state index in [4.69, 9.17) is 16.3 Å². The van der Waals surface area contributed by atoms with Gasteiger partial charge in [-0.05, 0) is 48.3 Å². The maximum absolute atomic E-state index is 10.4. The van der Waals surface area contributed by atoms with Gasteiger partial charge < -0.3 is 25.2 Å². The third-order valence-corrected chi connectivity index (χ3v) is 6.71. The van der Waals surface area contributed by atoms with Crippen molar-refractivity contribution in [2.24, 2.45) is 11.8 Å². The summed E-state index contributed by atoms with van der Waals surface area (Å²) < 4.78 is 5.68. The third kappa shape index (κ3) is 4.66. The van der Waals surface area contributed by atoms with Crippen LogP contribution in [0.4, 0.5) is 0 Å². The van der Waals surface area contributed by atoms with Gasteiger partial charge in [-0.2, -0.15) is 0 Å². The molecule has 2 fully saturated rings. The predicted molar refractivity (Wildman–Crippen MR) is 104 cm³/mol. The van der Waals surface area contributed by atoms with E-state index >= 15 is 0 Å². The van der Waals surface area contributed by atoms with Crippen LogP contribution in [-0.4, -0.2) is 51.4 Å². The zero-order chi connectivity index (χ0) is 19.6. The minimum Gasteiger partial charge on any atom is -0.394 e. The number of hydrogen-bond acceptors (Lipinski definition) is 5. The van der Waals surface area contributed by atoms with Crippen LogP contribution in [0.1, 0.15) is 56.3 Å². The number of ether oxygens (including phenoxy) is 1. The number of benzene rings is 1. The smallest absolute Gasteiger partial charge is 0.113 e. The van der Waals surface area contributed by atoms with Gasteiger partial charge in [0.25, 0.3) is 0 Å². The first-order chi connectivity index (χ1) is 12.9. The van der Waals surface area contributed by atoms with Crippen molar-refractivity contribution in [3.05, 3.63) is 34.3 Å². The van der Waals surface area contributed by atoms with E-state index in [0.717, 1.165) is 17.9 Å². The van der Waals surface area contributed by atoms with Crippen molar-refractivity contribution in [1.82, 2.24) is 0 Å². The molecule has 0 amide bonds. The van der Waals surface area contributed by atoms with E-state index in [0.29, 0.717) is 16.5 Å². The summed E-state index contributed by atoms with van der Waals surface area (Å²) in [6, 6.07) is 5.50. The Bertz CT molecular complexity index is 615. The van der Waals surface area contributed by atoms with Crippen LogP contribution >= 0.6 is 11.6 Å². The first kappa shape index (κ1) is 21.0. The van der Waals surface area contributed by atoms with Crippen LogP contribution in [0.2, 0.25) is 5.02 Å². The Morgan fingerprint density at radius 2 is 1.67 bits per heavy atom. The summed E-state index contributed by atoms with van der Waals surface area (Å²) in [6.07, 6.45) is 1.39. The largest absolute Gasteiger partial charge is 0.394 e. The van der Waals surface area contributed by atoms with Gasteiger partial charge in [-0.1, -0.05) is 49.9 Å². The highest BCUT2D eigenvalue weighted by molar-refractivity contribution is 6.31. The number of aliphatic hydroxyl groups excluding tert-OH is 4. The fraction of sp³-hybridized carbons (Fsp3) is 0.714. The SMILES string of the molecule is CCC1CCC(Cc2cc([C@@H]3O[C@H](CO)[C@@H](O)[C@H](O)[C@H]3O)ccc2Cl)CC1. The molecule has 0 aromatic heterocycles. The van der Waals surface area contributed by atoms with Crippen molar-refractivity contribution in [3.63, 3.8) is 0 Å². The highest BCUT2D eigenvalue weighted by Gasteiger charge is 2.44. The topological polar surface area (TPSA) is 90.2 Å². The highest BCUT2D eigenvalue weighted by Crippen LogP contribution is 2.37. The maximum atomic E-state index is 10.4. The summed E-state index contributed by atoms with van der Waals surface area (Å²) in [4.78, 5) is 0. The Kier molecular flexibility index (Phi) is 7.17. The van der Waals surface area contributed by atoms with Gasteiger partial charge in [-0.15, -0.1) is 0 Å². The van der Waals surface area contributed by atoms with E-state index in [2.05, 4.69) is 6.92 Å². The molecule has 27 heavy (non-hydrogen) atoms. The molecule has 0 radical (unpaired) electrons. The average molecular weight is 399 g/mol. The molecule has 4 N–H and O–H groups in total. The van der Waals surface area contributed by atoms with Gasteiger partial charge in [0.15, 0.2) is 0 Å². The van der Waals surface area contributed by atoms with Crippen LogP contribution in [0.5, 0.6) is 0 Å². The number of hydrogen-bond donors (Lipinski definition) is 4. The lowest BCUT2D eigenvalue weighted by Gasteiger charge is -2.40. The minimum atomic E-state index is -1.37. The molecule has 2 aliphatic rings. The summed E-state index contributed by atoms with van der Waals surface area (Å²) in [5.74, 6) is 1.45. The van der Waals surface area contributed by atoms with Crippen molar-refractivity contribution in [1.29, 1.82) is 0 Å². The van der Waals surface area contributed by atoms with Gasteiger partial charge in [0, 0.05) is 5.02 Å². The molecule has 1 heterocycles. The molecule has 0 bridgehead atoms. The summed E-state index contributed by atoms with van der Waals surface area (Å²) in [5.41, 5.74) is 1.72. The van der Waals surface area contributed by atoms with Crippen LogP contribution < -0.4 is 0 Å². The lowest BCUT2D eigenvalue weighted by molar-refractivity contribution is -0.231. The van der Waals surface area contributed by atoms with Crippen molar-refractivity contribution in [3.8, 4) is 0 Å². The second-order valence-corrected chi connectivity index (χ2v) is 8.51. The van der Waals surface area contributed by atoms with Gasteiger partial charge in [0.2, 0.25) is 0 Å². The molecule has 1 aliphatic carbocycles. The molecule has 0 unspecified atom stereocenters. The van der Waals surface area contributed by atoms with Crippen LogP contribution in [0, 0.1) is 11.8 Å². The highest BCUT2D eigenvalue weighted by atomic mass is 35.5. The Morgan fingerprint density at radius 1 is 1.00 bits per heavy atom. The molecule has 1 saturated heterocycles. The molecular formula is C21H31ClO5. The Hall–Kier alpha value is -0.690. The van der Waals surface area contributed by atoms with Crippen LogP contribution in [0.25, 0.3) is 0 Å². The Balaban J connectivity index is 1.74. The quantitative estimate of drug-likeness (QED) is 0.612. The number of aliphatic hydroxyl groups is 4. The fourth-order valence-electron chi connectivity index (χ4n) is 4.46. The van der Waals surface area contributed by atoms with Crippen LogP contribution in [-0.2, 0) is 11.2 Å². The number of rotatable bonds is 5. The zero-order valence-corrected chi connectivity index (χ0v) is 16.6. The minimum absolute atomic E-state index is 0.428. The lowest BCUT2D eigenvalue weighted by Crippen LogP contribution is -2.55. The molecule has 1 aromatic carbocycles. The van der Waals surface area contributed by atoms with Gasteiger partial charge >= 0.3 is 0 Å². The molecule has 1 aromatic rings. The standard InChI is InChI=1S/C21H31ClO5/c1-2-12-3-5-13(6-4-12)9-15-10-14(7-8-16(15)22)21-20(26)19(25)18(24)17(11-23)27-21/h7-8,10,12-13,17-21,23-26H,2-6,9,11H2,1H3/t12?,13?,17-,18-,19+,20-,21+/m1/s1. The maximum Gasteiger partial charge on any atom is 0.113 e. The van der Waals surface area contributed by atoms with E-state index in [1.165, 1.54) is 32.1 Å². The molecule has 6 heteroatoms. The molecule has 1 aliphatic heterocycles.